The van der Waals surface area contributed by atoms with Gasteiger partial charge in [0.2, 0.25) is 5.91 Å². The lowest BCUT2D eigenvalue weighted by molar-refractivity contribution is -0.118. The van der Waals surface area contributed by atoms with E-state index in [-0.39, 0.29) is 11.8 Å². The number of allylic oxidation sites excluding steroid dienone is 1. The standard InChI is InChI=1S/C25H23NO/c1-18-13-15-22(16-14-18)26-24(27)17-23(20-9-5-3-6-10-20)19(2)25(26)21-11-7-4-8-12-21/h3-16,23H,17H2,1-2H3. The lowest BCUT2D eigenvalue weighted by Gasteiger charge is -2.36. The second kappa shape index (κ2) is 7.24. The number of amides is 1. The fourth-order valence-electron chi connectivity index (χ4n) is 3.86. The zero-order valence-corrected chi connectivity index (χ0v) is 15.7. The van der Waals surface area contributed by atoms with E-state index in [4.69, 9.17) is 0 Å². The molecule has 0 aromatic heterocycles. The van der Waals surface area contributed by atoms with Crippen LogP contribution in [-0.4, -0.2) is 5.91 Å². The summed E-state index contributed by atoms with van der Waals surface area (Å²) < 4.78 is 0. The predicted octanol–water partition coefficient (Wildman–Crippen LogP) is 5.95. The summed E-state index contributed by atoms with van der Waals surface area (Å²) in [6.45, 7) is 4.22. The normalized spacial score (nSPS) is 17.3. The Labute approximate surface area is 160 Å². The summed E-state index contributed by atoms with van der Waals surface area (Å²) in [5, 5.41) is 0. The Morgan fingerprint density at radius 1 is 0.778 bits per heavy atom. The molecule has 0 fully saturated rings. The molecule has 4 rings (SSSR count). The van der Waals surface area contributed by atoms with Crippen molar-refractivity contribution in [3.8, 4) is 0 Å². The van der Waals surface area contributed by atoms with E-state index in [9.17, 15) is 4.79 Å². The molecule has 3 aromatic carbocycles. The highest BCUT2D eigenvalue weighted by atomic mass is 16.2. The molecule has 0 radical (unpaired) electrons. The molecule has 1 aliphatic rings. The molecule has 0 saturated heterocycles. The Balaban J connectivity index is 1.90. The molecule has 2 heteroatoms. The number of carbonyl (C=O) groups excluding carboxylic acids is 1. The molecule has 0 spiro atoms. The number of hydrogen-bond acceptors (Lipinski definition) is 1. The molecule has 0 aliphatic carbocycles. The first kappa shape index (κ1) is 17.3. The van der Waals surface area contributed by atoms with Gasteiger partial charge >= 0.3 is 0 Å². The molecule has 3 aromatic rings. The third kappa shape index (κ3) is 3.31. The SMILES string of the molecule is CC1=C(c2ccccc2)N(c2ccc(C)cc2)C(=O)CC1c1ccccc1. The van der Waals surface area contributed by atoms with E-state index in [0.29, 0.717) is 6.42 Å². The molecule has 0 N–H and O–H groups in total. The van der Waals surface area contributed by atoms with Crippen molar-refractivity contribution in [3.05, 3.63) is 107 Å². The first-order valence-corrected chi connectivity index (χ1v) is 9.36. The highest BCUT2D eigenvalue weighted by Crippen LogP contribution is 2.42. The highest BCUT2D eigenvalue weighted by molar-refractivity contribution is 6.09. The number of hydrogen-bond donors (Lipinski definition) is 0. The molecular formula is C25H23NO. The van der Waals surface area contributed by atoms with Crippen LogP contribution >= 0.6 is 0 Å². The summed E-state index contributed by atoms with van der Waals surface area (Å²) in [4.78, 5) is 15.2. The molecule has 134 valence electrons. The van der Waals surface area contributed by atoms with Crippen molar-refractivity contribution in [3.63, 3.8) is 0 Å². The zero-order chi connectivity index (χ0) is 18.8. The van der Waals surface area contributed by atoms with Gasteiger partial charge < -0.3 is 0 Å². The zero-order valence-electron chi connectivity index (χ0n) is 15.7. The van der Waals surface area contributed by atoms with Crippen LogP contribution in [0.2, 0.25) is 0 Å². The minimum Gasteiger partial charge on any atom is -0.280 e. The molecule has 0 bridgehead atoms. The topological polar surface area (TPSA) is 20.3 Å². The average molecular weight is 353 g/mol. The molecule has 1 amide bonds. The van der Waals surface area contributed by atoms with Crippen molar-refractivity contribution in [2.75, 3.05) is 4.90 Å². The van der Waals surface area contributed by atoms with Gasteiger partial charge in [0.15, 0.2) is 0 Å². The van der Waals surface area contributed by atoms with Crippen molar-refractivity contribution in [1.29, 1.82) is 0 Å². The van der Waals surface area contributed by atoms with Crippen molar-refractivity contribution in [2.45, 2.75) is 26.2 Å². The van der Waals surface area contributed by atoms with Crippen LogP contribution in [0.25, 0.3) is 5.70 Å². The van der Waals surface area contributed by atoms with Crippen LogP contribution < -0.4 is 4.90 Å². The summed E-state index contributed by atoms with van der Waals surface area (Å²) in [6, 6.07) is 28.8. The van der Waals surface area contributed by atoms with Crippen LogP contribution in [0.5, 0.6) is 0 Å². The smallest absolute Gasteiger partial charge is 0.232 e. The van der Waals surface area contributed by atoms with Gasteiger partial charge in [-0.05, 0) is 42.7 Å². The highest BCUT2D eigenvalue weighted by Gasteiger charge is 2.33. The van der Waals surface area contributed by atoms with Crippen molar-refractivity contribution < 1.29 is 4.79 Å². The number of carbonyl (C=O) groups is 1. The van der Waals surface area contributed by atoms with Gasteiger partial charge in [0.1, 0.15) is 0 Å². The van der Waals surface area contributed by atoms with Crippen molar-refractivity contribution in [2.24, 2.45) is 0 Å². The van der Waals surface area contributed by atoms with Crippen LogP contribution in [0, 0.1) is 6.92 Å². The Morgan fingerprint density at radius 2 is 1.37 bits per heavy atom. The maximum atomic E-state index is 13.3. The largest absolute Gasteiger partial charge is 0.280 e. The van der Waals surface area contributed by atoms with Crippen molar-refractivity contribution >= 4 is 17.3 Å². The average Bonchev–Trinajstić information content (AvgIpc) is 2.71. The van der Waals surface area contributed by atoms with E-state index >= 15 is 0 Å². The summed E-state index contributed by atoms with van der Waals surface area (Å²) in [5.41, 5.74) is 6.62. The lowest BCUT2D eigenvalue weighted by Crippen LogP contribution is -2.36. The Morgan fingerprint density at radius 3 is 2.00 bits per heavy atom. The predicted molar refractivity (Wildman–Crippen MR) is 112 cm³/mol. The summed E-state index contributed by atoms with van der Waals surface area (Å²) >= 11 is 0. The number of benzene rings is 3. The molecule has 1 atom stereocenters. The van der Waals surface area contributed by atoms with Crippen LogP contribution in [0.3, 0.4) is 0 Å². The number of anilines is 1. The van der Waals surface area contributed by atoms with E-state index < -0.39 is 0 Å². The number of rotatable bonds is 3. The van der Waals surface area contributed by atoms with Crippen LogP contribution in [0.15, 0.2) is 90.5 Å². The van der Waals surface area contributed by atoms with E-state index in [1.807, 2.05) is 53.4 Å². The maximum absolute atomic E-state index is 13.3. The number of aryl methyl sites for hydroxylation is 1. The lowest BCUT2D eigenvalue weighted by atomic mass is 9.83. The third-order valence-corrected chi connectivity index (χ3v) is 5.29. The molecule has 2 nitrogen and oxygen atoms in total. The quantitative estimate of drug-likeness (QED) is 0.570. The van der Waals surface area contributed by atoms with E-state index in [2.05, 4.69) is 50.2 Å². The maximum Gasteiger partial charge on any atom is 0.232 e. The van der Waals surface area contributed by atoms with Crippen molar-refractivity contribution in [1.82, 2.24) is 0 Å². The molecule has 1 aliphatic heterocycles. The van der Waals surface area contributed by atoms with Gasteiger partial charge in [-0.2, -0.15) is 0 Å². The Bertz CT molecular complexity index is 972. The van der Waals surface area contributed by atoms with Gasteiger partial charge in [-0.3, -0.25) is 9.69 Å². The first-order chi connectivity index (χ1) is 13.1. The fraction of sp³-hybridized carbons (Fsp3) is 0.160. The van der Waals surface area contributed by atoms with Gasteiger partial charge in [0, 0.05) is 18.0 Å². The van der Waals surface area contributed by atoms with Gasteiger partial charge in [0.25, 0.3) is 0 Å². The minimum atomic E-state index is 0.107. The van der Waals surface area contributed by atoms with E-state index in [1.165, 1.54) is 16.7 Å². The molecule has 0 saturated carbocycles. The monoisotopic (exact) mass is 353 g/mol. The summed E-state index contributed by atoms with van der Waals surface area (Å²) in [5.74, 6) is 0.243. The second-order valence-corrected chi connectivity index (χ2v) is 7.13. The third-order valence-electron chi connectivity index (χ3n) is 5.29. The molecule has 1 heterocycles. The summed E-state index contributed by atoms with van der Waals surface area (Å²) in [6.07, 6.45) is 0.486. The Kier molecular flexibility index (Phi) is 4.64. The Hall–Kier alpha value is -3.13. The first-order valence-electron chi connectivity index (χ1n) is 9.36. The van der Waals surface area contributed by atoms with Crippen LogP contribution in [0.4, 0.5) is 5.69 Å². The number of nitrogens with zero attached hydrogens (tertiary/aromatic N) is 1. The molecular weight excluding hydrogens is 330 g/mol. The fourth-order valence-corrected chi connectivity index (χ4v) is 3.86. The molecule has 27 heavy (non-hydrogen) atoms. The van der Waals surface area contributed by atoms with Gasteiger partial charge in [-0.1, -0.05) is 78.4 Å². The second-order valence-electron chi connectivity index (χ2n) is 7.13. The van der Waals surface area contributed by atoms with Gasteiger partial charge in [0.05, 0.1) is 5.70 Å². The van der Waals surface area contributed by atoms with Crippen LogP contribution in [-0.2, 0) is 4.79 Å². The van der Waals surface area contributed by atoms with E-state index in [0.717, 1.165) is 16.9 Å². The van der Waals surface area contributed by atoms with Gasteiger partial charge in [-0.15, -0.1) is 0 Å². The van der Waals surface area contributed by atoms with Gasteiger partial charge in [-0.25, -0.2) is 0 Å². The van der Waals surface area contributed by atoms with E-state index in [1.54, 1.807) is 0 Å². The van der Waals surface area contributed by atoms with Crippen LogP contribution in [0.1, 0.15) is 36.0 Å². The summed E-state index contributed by atoms with van der Waals surface area (Å²) in [7, 11) is 0. The minimum absolute atomic E-state index is 0.107. The molecule has 1 unspecified atom stereocenters.